The molecule has 6 heteroatoms. The number of benzene rings is 2. The third-order valence-electron chi connectivity index (χ3n) is 3.10. The molecule has 0 saturated heterocycles. The van der Waals surface area contributed by atoms with E-state index in [1.54, 1.807) is 18.2 Å². The van der Waals surface area contributed by atoms with Crippen molar-refractivity contribution in [1.82, 2.24) is 0 Å². The summed E-state index contributed by atoms with van der Waals surface area (Å²) in [6, 6.07) is 9.17. The number of nitrogens with one attached hydrogen (secondary N) is 2. The van der Waals surface area contributed by atoms with E-state index in [1.165, 1.54) is 25.1 Å². The minimum atomic E-state index is -0.642. The molecule has 2 aromatic carbocycles. The molecule has 22 heavy (non-hydrogen) atoms. The summed E-state index contributed by atoms with van der Waals surface area (Å²) in [5.41, 5.74) is 7.31. The first-order chi connectivity index (χ1) is 10.4. The fourth-order valence-electron chi connectivity index (χ4n) is 1.96. The maximum atomic E-state index is 13.4. The Morgan fingerprint density at radius 3 is 2.55 bits per heavy atom. The van der Waals surface area contributed by atoms with Crippen molar-refractivity contribution < 1.29 is 14.0 Å². The van der Waals surface area contributed by atoms with Gasteiger partial charge in [-0.05, 0) is 36.8 Å². The van der Waals surface area contributed by atoms with Gasteiger partial charge in [-0.15, -0.1) is 0 Å². The first-order valence-electron chi connectivity index (χ1n) is 6.62. The average Bonchev–Trinajstić information content (AvgIpc) is 2.45. The second-order valence-corrected chi connectivity index (χ2v) is 4.87. The monoisotopic (exact) mass is 301 g/mol. The number of nitrogens with two attached hydrogens (primary N) is 1. The number of amides is 2. The van der Waals surface area contributed by atoms with Gasteiger partial charge in [0.25, 0.3) is 5.91 Å². The number of hydrogen-bond acceptors (Lipinski definition) is 3. The lowest BCUT2D eigenvalue weighted by molar-refractivity contribution is -0.114. The Hall–Kier alpha value is -2.89. The molecular formula is C16H16FN3O2. The summed E-state index contributed by atoms with van der Waals surface area (Å²) in [7, 11) is 0. The van der Waals surface area contributed by atoms with Gasteiger partial charge in [-0.1, -0.05) is 12.1 Å². The van der Waals surface area contributed by atoms with E-state index in [0.717, 1.165) is 5.56 Å². The van der Waals surface area contributed by atoms with Crippen LogP contribution in [0, 0.1) is 12.7 Å². The lowest BCUT2D eigenvalue weighted by Crippen LogP contribution is -2.16. The molecule has 4 N–H and O–H groups in total. The predicted octanol–water partition coefficient (Wildman–Crippen LogP) is 2.93. The van der Waals surface area contributed by atoms with E-state index in [0.29, 0.717) is 11.4 Å². The number of halogens is 1. The quantitative estimate of drug-likeness (QED) is 0.762. The maximum absolute atomic E-state index is 13.4. The zero-order valence-corrected chi connectivity index (χ0v) is 12.2. The molecule has 0 aromatic heterocycles. The highest BCUT2D eigenvalue weighted by Crippen LogP contribution is 2.23. The molecule has 0 spiro atoms. The van der Waals surface area contributed by atoms with Crippen LogP contribution >= 0.6 is 0 Å². The van der Waals surface area contributed by atoms with E-state index in [-0.39, 0.29) is 17.2 Å². The van der Waals surface area contributed by atoms with E-state index in [4.69, 9.17) is 5.73 Å². The number of rotatable bonds is 3. The van der Waals surface area contributed by atoms with Crippen molar-refractivity contribution in [3.8, 4) is 0 Å². The van der Waals surface area contributed by atoms with Crippen LogP contribution < -0.4 is 16.4 Å². The molecule has 5 nitrogen and oxygen atoms in total. The van der Waals surface area contributed by atoms with Gasteiger partial charge in [0.15, 0.2) is 0 Å². The number of nitrogen functional groups attached to an aromatic ring is 1. The number of para-hydroxylation sites is 1. The summed E-state index contributed by atoms with van der Waals surface area (Å²) in [5.74, 6) is -1.37. The summed E-state index contributed by atoms with van der Waals surface area (Å²) in [6.07, 6.45) is 0. The van der Waals surface area contributed by atoms with Gasteiger partial charge >= 0.3 is 0 Å². The van der Waals surface area contributed by atoms with Crippen LogP contribution in [0.5, 0.6) is 0 Å². The zero-order valence-electron chi connectivity index (χ0n) is 12.2. The zero-order chi connectivity index (χ0) is 16.3. The summed E-state index contributed by atoms with van der Waals surface area (Å²) < 4.78 is 13.4. The summed E-state index contributed by atoms with van der Waals surface area (Å²) in [5, 5.41) is 5.30. The Morgan fingerprint density at radius 1 is 1.14 bits per heavy atom. The van der Waals surface area contributed by atoms with Gasteiger partial charge in [-0.25, -0.2) is 4.39 Å². The van der Waals surface area contributed by atoms with Gasteiger partial charge in [-0.2, -0.15) is 0 Å². The average molecular weight is 301 g/mol. The van der Waals surface area contributed by atoms with Crippen LogP contribution in [0.15, 0.2) is 36.4 Å². The number of hydrogen-bond donors (Lipinski definition) is 3. The van der Waals surface area contributed by atoms with Crippen LogP contribution in [0.4, 0.5) is 21.5 Å². The molecule has 0 aliphatic heterocycles. The molecular weight excluding hydrogens is 285 g/mol. The molecule has 0 saturated carbocycles. The summed E-state index contributed by atoms with van der Waals surface area (Å²) in [6.45, 7) is 3.20. The minimum absolute atomic E-state index is 0.0596. The van der Waals surface area contributed by atoms with Gasteiger partial charge in [0, 0.05) is 18.3 Å². The molecule has 2 aromatic rings. The van der Waals surface area contributed by atoms with Crippen LogP contribution in [0.3, 0.4) is 0 Å². The van der Waals surface area contributed by atoms with Crippen LogP contribution in [0.2, 0.25) is 0 Å². The highest BCUT2D eigenvalue weighted by Gasteiger charge is 2.14. The van der Waals surface area contributed by atoms with Crippen LogP contribution in [-0.4, -0.2) is 11.8 Å². The largest absolute Gasteiger partial charge is 0.396 e. The Bertz CT molecular complexity index is 744. The normalized spacial score (nSPS) is 10.1. The lowest BCUT2D eigenvalue weighted by Gasteiger charge is -2.12. The number of aryl methyl sites for hydroxylation is 1. The molecule has 2 rings (SSSR count). The summed E-state index contributed by atoms with van der Waals surface area (Å²) >= 11 is 0. The van der Waals surface area contributed by atoms with Crippen molar-refractivity contribution in [2.45, 2.75) is 13.8 Å². The first-order valence-corrected chi connectivity index (χ1v) is 6.62. The standard InChI is InChI=1S/C16H16FN3O2/c1-9-6-7-11(19-10(2)21)8-14(9)20-16(22)12-4-3-5-13(17)15(12)18/h3-8H,18H2,1-2H3,(H,19,21)(H,20,22). The minimum Gasteiger partial charge on any atom is -0.396 e. The second-order valence-electron chi connectivity index (χ2n) is 4.87. The van der Waals surface area contributed by atoms with Crippen LogP contribution in [0.25, 0.3) is 0 Å². The topological polar surface area (TPSA) is 84.2 Å². The van der Waals surface area contributed by atoms with E-state index < -0.39 is 11.7 Å². The first kappa shape index (κ1) is 15.5. The molecule has 2 amide bonds. The molecule has 0 aliphatic carbocycles. The molecule has 0 aliphatic rings. The smallest absolute Gasteiger partial charge is 0.257 e. The maximum Gasteiger partial charge on any atom is 0.257 e. The molecule has 0 atom stereocenters. The predicted molar refractivity (Wildman–Crippen MR) is 84.2 cm³/mol. The van der Waals surface area contributed by atoms with Gasteiger partial charge in [0.2, 0.25) is 5.91 Å². The van der Waals surface area contributed by atoms with Crippen molar-refractivity contribution >= 4 is 28.9 Å². The van der Waals surface area contributed by atoms with Gasteiger partial charge in [0.05, 0.1) is 11.3 Å². The second kappa shape index (κ2) is 6.26. The molecule has 0 bridgehead atoms. The third-order valence-corrected chi connectivity index (χ3v) is 3.10. The van der Waals surface area contributed by atoms with Crippen LogP contribution in [-0.2, 0) is 4.79 Å². The number of carbonyl (C=O) groups is 2. The fraction of sp³-hybridized carbons (Fsp3) is 0.125. The molecule has 0 unspecified atom stereocenters. The van der Waals surface area contributed by atoms with E-state index in [2.05, 4.69) is 10.6 Å². The number of anilines is 3. The number of carbonyl (C=O) groups excluding carboxylic acids is 2. The molecule has 0 fully saturated rings. The summed E-state index contributed by atoms with van der Waals surface area (Å²) in [4.78, 5) is 23.3. The van der Waals surface area contributed by atoms with Crippen molar-refractivity contribution in [3.63, 3.8) is 0 Å². The Morgan fingerprint density at radius 2 is 1.86 bits per heavy atom. The lowest BCUT2D eigenvalue weighted by atomic mass is 10.1. The van der Waals surface area contributed by atoms with E-state index in [1.807, 2.05) is 6.92 Å². The Kier molecular flexibility index (Phi) is 4.41. The molecule has 0 heterocycles. The van der Waals surface area contributed by atoms with E-state index >= 15 is 0 Å². The third kappa shape index (κ3) is 3.41. The highest BCUT2D eigenvalue weighted by atomic mass is 19.1. The SMILES string of the molecule is CC(=O)Nc1ccc(C)c(NC(=O)c2cccc(F)c2N)c1. The van der Waals surface area contributed by atoms with Gasteiger partial charge < -0.3 is 16.4 Å². The van der Waals surface area contributed by atoms with E-state index in [9.17, 15) is 14.0 Å². The fourth-order valence-corrected chi connectivity index (χ4v) is 1.96. The van der Waals surface area contributed by atoms with Gasteiger partial charge in [-0.3, -0.25) is 9.59 Å². The van der Waals surface area contributed by atoms with Crippen molar-refractivity contribution in [2.24, 2.45) is 0 Å². The van der Waals surface area contributed by atoms with Crippen LogP contribution in [0.1, 0.15) is 22.8 Å². The molecule has 0 radical (unpaired) electrons. The Balaban J connectivity index is 2.28. The van der Waals surface area contributed by atoms with Crippen molar-refractivity contribution in [1.29, 1.82) is 0 Å². The molecule has 114 valence electrons. The van der Waals surface area contributed by atoms with Gasteiger partial charge in [0.1, 0.15) is 5.82 Å². The van der Waals surface area contributed by atoms with Crippen molar-refractivity contribution in [3.05, 3.63) is 53.3 Å². The van der Waals surface area contributed by atoms with Crippen molar-refractivity contribution in [2.75, 3.05) is 16.4 Å². The highest BCUT2D eigenvalue weighted by molar-refractivity contribution is 6.08. The Labute approximate surface area is 127 Å².